The third kappa shape index (κ3) is 4.43. The number of hydrogen-bond acceptors (Lipinski definition) is 6. The van der Waals surface area contributed by atoms with Crippen LogP contribution >= 0.6 is 11.8 Å². The van der Waals surface area contributed by atoms with Crippen molar-refractivity contribution in [2.75, 3.05) is 12.8 Å². The second-order valence-electron chi connectivity index (χ2n) is 5.91. The van der Waals surface area contributed by atoms with Gasteiger partial charge in [-0.05, 0) is 59.3 Å². The third-order valence-electron chi connectivity index (χ3n) is 4.19. The van der Waals surface area contributed by atoms with Gasteiger partial charge in [0, 0.05) is 7.05 Å². The Bertz CT molecular complexity index is 914. The summed E-state index contributed by atoms with van der Waals surface area (Å²) in [5.74, 6) is -0.109. The minimum Gasteiger partial charge on any atom is -0.508 e. The largest absolute Gasteiger partial charge is 0.508 e. The van der Waals surface area contributed by atoms with Crippen LogP contribution in [0.5, 0.6) is 5.75 Å². The van der Waals surface area contributed by atoms with Crippen molar-refractivity contribution < 1.29 is 14.3 Å². The van der Waals surface area contributed by atoms with Crippen molar-refractivity contribution in [1.82, 2.24) is 25.1 Å². The summed E-state index contributed by atoms with van der Waals surface area (Å²) in [5.41, 5.74) is 1.53. The van der Waals surface area contributed by atoms with Crippen molar-refractivity contribution in [3.05, 3.63) is 59.9 Å². The summed E-state index contributed by atoms with van der Waals surface area (Å²) in [4.78, 5) is 14.1. The van der Waals surface area contributed by atoms with E-state index in [-0.39, 0.29) is 29.3 Å². The van der Waals surface area contributed by atoms with Gasteiger partial charge in [0.15, 0.2) is 0 Å². The smallest absolute Gasteiger partial charge is 0.233 e. The maximum Gasteiger partial charge on any atom is 0.233 e. The highest BCUT2D eigenvalue weighted by Gasteiger charge is 2.19. The monoisotopic (exact) mass is 387 g/mol. The fourth-order valence-corrected chi connectivity index (χ4v) is 3.25. The highest BCUT2D eigenvalue weighted by molar-refractivity contribution is 7.99. The number of carbonyl (C=O) groups excluding carboxylic acids is 1. The van der Waals surface area contributed by atoms with E-state index in [1.165, 1.54) is 40.7 Å². The maximum atomic E-state index is 13.1. The highest BCUT2D eigenvalue weighted by Crippen LogP contribution is 2.23. The van der Waals surface area contributed by atoms with Crippen LogP contribution in [0.1, 0.15) is 18.5 Å². The molecular weight excluding hydrogens is 369 g/mol. The standard InChI is InChI=1S/C18H18FN5O2S/c1-12(13-3-5-14(19)6-4-13)23(2)17(26)11-27-18-20-21-22-24(18)15-7-9-16(25)10-8-15/h3-10,12,25H,11H2,1-2H3. The van der Waals surface area contributed by atoms with E-state index in [1.54, 1.807) is 36.2 Å². The minimum absolute atomic E-state index is 0.0999. The van der Waals surface area contributed by atoms with E-state index in [2.05, 4.69) is 15.5 Å². The van der Waals surface area contributed by atoms with Crippen LogP contribution in [-0.2, 0) is 4.79 Å². The Hall–Kier alpha value is -2.94. The summed E-state index contributed by atoms with van der Waals surface area (Å²) in [5, 5.41) is 21.4. The molecule has 0 aliphatic heterocycles. The summed E-state index contributed by atoms with van der Waals surface area (Å²) in [6.07, 6.45) is 0. The van der Waals surface area contributed by atoms with Crippen molar-refractivity contribution in [3.63, 3.8) is 0 Å². The first kappa shape index (κ1) is 18.8. The lowest BCUT2D eigenvalue weighted by atomic mass is 10.1. The first-order valence-electron chi connectivity index (χ1n) is 8.17. The molecule has 140 valence electrons. The van der Waals surface area contributed by atoms with E-state index in [9.17, 15) is 14.3 Å². The van der Waals surface area contributed by atoms with E-state index in [0.717, 1.165) is 5.56 Å². The molecule has 1 amide bonds. The van der Waals surface area contributed by atoms with Crippen molar-refractivity contribution in [2.45, 2.75) is 18.1 Å². The van der Waals surface area contributed by atoms with Gasteiger partial charge in [-0.15, -0.1) is 5.10 Å². The molecule has 0 saturated carbocycles. The third-order valence-corrected chi connectivity index (χ3v) is 5.09. The van der Waals surface area contributed by atoms with Crippen molar-refractivity contribution in [1.29, 1.82) is 0 Å². The molecular formula is C18H18FN5O2S. The summed E-state index contributed by atoms with van der Waals surface area (Å²) in [6, 6.07) is 12.3. The molecule has 0 aliphatic rings. The number of aromatic hydroxyl groups is 1. The molecule has 0 saturated heterocycles. The molecule has 7 nitrogen and oxygen atoms in total. The molecule has 1 atom stereocenters. The fraction of sp³-hybridized carbons (Fsp3) is 0.222. The van der Waals surface area contributed by atoms with Gasteiger partial charge in [0.1, 0.15) is 11.6 Å². The number of hydrogen-bond donors (Lipinski definition) is 1. The minimum atomic E-state index is -0.309. The Kier molecular flexibility index (Phi) is 5.70. The van der Waals surface area contributed by atoms with Crippen molar-refractivity contribution in [3.8, 4) is 11.4 Å². The van der Waals surface area contributed by atoms with E-state index in [1.807, 2.05) is 6.92 Å². The molecule has 27 heavy (non-hydrogen) atoms. The van der Waals surface area contributed by atoms with Gasteiger partial charge >= 0.3 is 0 Å². The quantitative estimate of drug-likeness (QED) is 0.655. The number of carbonyl (C=O) groups is 1. The van der Waals surface area contributed by atoms with Gasteiger partial charge in [-0.25, -0.2) is 4.39 Å². The lowest BCUT2D eigenvalue weighted by Gasteiger charge is -2.25. The predicted molar refractivity (Wildman–Crippen MR) is 99.1 cm³/mol. The highest BCUT2D eigenvalue weighted by atomic mass is 32.2. The predicted octanol–water partition coefficient (Wildman–Crippen LogP) is 2.82. The lowest BCUT2D eigenvalue weighted by molar-refractivity contribution is -0.128. The van der Waals surface area contributed by atoms with Crippen molar-refractivity contribution in [2.24, 2.45) is 0 Å². The Morgan fingerprint density at radius 1 is 1.22 bits per heavy atom. The van der Waals surface area contributed by atoms with Gasteiger partial charge < -0.3 is 10.0 Å². The van der Waals surface area contributed by atoms with Gasteiger partial charge in [-0.1, -0.05) is 23.9 Å². The SMILES string of the molecule is CC(c1ccc(F)cc1)N(C)C(=O)CSc1nnnn1-c1ccc(O)cc1. The summed E-state index contributed by atoms with van der Waals surface area (Å²) >= 11 is 1.22. The molecule has 1 N–H and O–H groups in total. The van der Waals surface area contributed by atoms with Crippen LogP contribution in [0, 0.1) is 5.82 Å². The second-order valence-corrected chi connectivity index (χ2v) is 6.85. The van der Waals surface area contributed by atoms with Crippen LogP contribution in [0.4, 0.5) is 4.39 Å². The van der Waals surface area contributed by atoms with Gasteiger partial charge in [0.2, 0.25) is 11.1 Å². The molecule has 0 aliphatic carbocycles. The molecule has 2 aromatic carbocycles. The molecule has 0 radical (unpaired) electrons. The number of phenols is 1. The topological polar surface area (TPSA) is 84.1 Å². The van der Waals surface area contributed by atoms with Gasteiger partial charge in [-0.3, -0.25) is 4.79 Å². The normalized spacial score (nSPS) is 12.0. The van der Waals surface area contributed by atoms with Crippen LogP contribution in [0.15, 0.2) is 53.7 Å². The van der Waals surface area contributed by atoms with Crippen LogP contribution in [0.3, 0.4) is 0 Å². The molecule has 0 spiro atoms. The number of aromatic nitrogens is 4. The Labute approximate surface area is 159 Å². The van der Waals surface area contributed by atoms with Gasteiger partial charge in [0.25, 0.3) is 0 Å². The molecule has 3 aromatic rings. The number of amides is 1. The molecule has 1 unspecified atom stereocenters. The molecule has 3 rings (SSSR count). The van der Waals surface area contributed by atoms with Crippen LogP contribution in [0.2, 0.25) is 0 Å². The average Bonchev–Trinajstić information content (AvgIpc) is 3.14. The summed E-state index contributed by atoms with van der Waals surface area (Å²) in [7, 11) is 1.71. The zero-order chi connectivity index (χ0) is 19.4. The molecule has 9 heteroatoms. The van der Waals surface area contributed by atoms with Crippen LogP contribution in [0.25, 0.3) is 5.69 Å². The maximum absolute atomic E-state index is 13.1. The van der Waals surface area contributed by atoms with E-state index in [0.29, 0.717) is 10.8 Å². The molecule has 0 bridgehead atoms. The number of rotatable bonds is 6. The van der Waals surface area contributed by atoms with E-state index in [4.69, 9.17) is 0 Å². The first-order valence-corrected chi connectivity index (χ1v) is 9.16. The first-order chi connectivity index (χ1) is 13.0. The second kappa shape index (κ2) is 8.17. The number of phenolic OH excluding ortho intramolecular Hbond substituents is 1. The number of halogens is 1. The Balaban J connectivity index is 1.65. The zero-order valence-corrected chi connectivity index (χ0v) is 15.6. The van der Waals surface area contributed by atoms with E-state index >= 15 is 0 Å². The Morgan fingerprint density at radius 3 is 2.56 bits per heavy atom. The molecule has 1 aromatic heterocycles. The summed E-state index contributed by atoms with van der Waals surface area (Å²) in [6.45, 7) is 1.89. The van der Waals surface area contributed by atoms with Crippen LogP contribution in [-0.4, -0.2) is 48.9 Å². The van der Waals surface area contributed by atoms with Crippen LogP contribution < -0.4 is 0 Å². The Morgan fingerprint density at radius 2 is 1.89 bits per heavy atom. The number of benzene rings is 2. The van der Waals surface area contributed by atoms with Crippen molar-refractivity contribution >= 4 is 17.7 Å². The van der Waals surface area contributed by atoms with Gasteiger partial charge in [0.05, 0.1) is 17.5 Å². The lowest BCUT2D eigenvalue weighted by Crippen LogP contribution is -2.31. The average molecular weight is 387 g/mol. The molecule has 1 heterocycles. The summed E-state index contributed by atoms with van der Waals surface area (Å²) < 4.78 is 14.6. The number of nitrogens with zero attached hydrogens (tertiary/aromatic N) is 5. The fourth-order valence-electron chi connectivity index (χ4n) is 2.43. The molecule has 0 fully saturated rings. The zero-order valence-electron chi connectivity index (χ0n) is 14.8. The van der Waals surface area contributed by atoms with E-state index < -0.39 is 0 Å². The van der Waals surface area contributed by atoms with Gasteiger partial charge in [-0.2, -0.15) is 4.68 Å². The number of thioether (sulfide) groups is 1. The number of tetrazole rings is 1.